The summed E-state index contributed by atoms with van der Waals surface area (Å²) in [6.07, 6.45) is 4.54. The molecule has 0 bridgehead atoms. The highest BCUT2D eigenvalue weighted by atomic mass is 79.9. The zero-order valence-electron chi connectivity index (χ0n) is 12.8. The van der Waals surface area contributed by atoms with Gasteiger partial charge in [-0.1, -0.05) is 13.8 Å². The molecule has 0 unspecified atom stereocenters. The summed E-state index contributed by atoms with van der Waals surface area (Å²) < 4.78 is 11.9. The second-order valence-electron chi connectivity index (χ2n) is 5.63. The van der Waals surface area contributed by atoms with Gasteiger partial charge in [0.15, 0.2) is 11.5 Å². The van der Waals surface area contributed by atoms with Crippen LogP contribution >= 0.6 is 15.9 Å². The number of ether oxygens (including phenoxy) is 2. The third-order valence-electron chi connectivity index (χ3n) is 4.16. The molecule has 0 heterocycles. The van der Waals surface area contributed by atoms with E-state index in [1.54, 1.807) is 20.3 Å². The van der Waals surface area contributed by atoms with Gasteiger partial charge in [0.2, 0.25) is 6.08 Å². The Bertz CT molecular complexity index is 588. The van der Waals surface area contributed by atoms with Crippen LogP contribution in [0.4, 0.5) is 0 Å². The first-order valence-electron chi connectivity index (χ1n) is 7.04. The van der Waals surface area contributed by atoms with Gasteiger partial charge in [-0.2, -0.15) is 4.99 Å². The summed E-state index contributed by atoms with van der Waals surface area (Å²) in [4.78, 5) is 15.0. The first-order chi connectivity index (χ1) is 10.0. The maximum absolute atomic E-state index is 10.9. The lowest BCUT2D eigenvalue weighted by Crippen LogP contribution is -2.33. The van der Waals surface area contributed by atoms with Gasteiger partial charge in [-0.3, -0.25) is 0 Å². The van der Waals surface area contributed by atoms with E-state index in [2.05, 4.69) is 34.8 Å². The standard InChI is InChI=1S/C16H20BrNO3/c1-10(2)13-11(16(18-9-19)6-5-7-16)8-12(17)14(20-3)15(13)21-4/h8,10H,5-7H2,1-4H3. The van der Waals surface area contributed by atoms with Crippen molar-refractivity contribution < 1.29 is 14.3 Å². The lowest BCUT2D eigenvalue weighted by atomic mass is 9.69. The molecular formula is C16H20BrNO3. The summed E-state index contributed by atoms with van der Waals surface area (Å²) in [7, 11) is 3.26. The smallest absolute Gasteiger partial charge is 0.235 e. The first kappa shape index (κ1) is 16.1. The number of aliphatic imine (C=N–C) groups is 1. The highest BCUT2D eigenvalue weighted by Gasteiger charge is 2.42. The second kappa shape index (κ2) is 6.20. The van der Waals surface area contributed by atoms with E-state index in [1.165, 1.54) is 0 Å². The maximum atomic E-state index is 10.9. The zero-order chi connectivity index (χ0) is 15.6. The number of rotatable bonds is 5. The van der Waals surface area contributed by atoms with E-state index in [-0.39, 0.29) is 5.92 Å². The SMILES string of the molecule is COc1c(Br)cc(C2(N=C=O)CCC2)c(C(C)C)c1OC. The molecule has 0 spiro atoms. The van der Waals surface area contributed by atoms with Gasteiger partial charge in [-0.15, -0.1) is 0 Å². The Hall–Kier alpha value is -1.32. The molecule has 1 fully saturated rings. The van der Waals surface area contributed by atoms with Crippen molar-refractivity contribution in [1.82, 2.24) is 0 Å². The molecule has 21 heavy (non-hydrogen) atoms. The van der Waals surface area contributed by atoms with E-state index in [4.69, 9.17) is 9.47 Å². The highest BCUT2D eigenvalue weighted by molar-refractivity contribution is 9.10. The van der Waals surface area contributed by atoms with E-state index in [1.807, 2.05) is 6.07 Å². The number of benzene rings is 1. The zero-order valence-corrected chi connectivity index (χ0v) is 14.4. The van der Waals surface area contributed by atoms with E-state index < -0.39 is 5.54 Å². The molecule has 0 aliphatic heterocycles. The summed E-state index contributed by atoms with van der Waals surface area (Å²) in [6, 6.07) is 2.01. The number of hydrogen-bond acceptors (Lipinski definition) is 4. The number of hydrogen-bond donors (Lipinski definition) is 0. The summed E-state index contributed by atoms with van der Waals surface area (Å²) in [5.41, 5.74) is 1.64. The fourth-order valence-corrected chi connectivity index (χ4v) is 3.59. The molecule has 114 valence electrons. The van der Waals surface area contributed by atoms with Crippen molar-refractivity contribution in [2.45, 2.75) is 44.6 Å². The third-order valence-corrected chi connectivity index (χ3v) is 4.75. The van der Waals surface area contributed by atoms with Gasteiger partial charge in [0, 0.05) is 5.56 Å². The Balaban J connectivity index is 2.76. The number of isocyanates is 1. The minimum absolute atomic E-state index is 0.233. The van der Waals surface area contributed by atoms with Crippen molar-refractivity contribution >= 4 is 22.0 Å². The normalized spacial score (nSPS) is 16.1. The molecule has 1 aliphatic carbocycles. The Kier molecular flexibility index (Phi) is 4.74. The van der Waals surface area contributed by atoms with Crippen LogP contribution in [0.25, 0.3) is 0 Å². The Morgan fingerprint density at radius 1 is 1.29 bits per heavy atom. The van der Waals surface area contributed by atoms with Crippen LogP contribution in [0.5, 0.6) is 11.5 Å². The van der Waals surface area contributed by atoms with E-state index in [9.17, 15) is 4.79 Å². The van der Waals surface area contributed by atoms with Crippen molar-refractivity contribution in [3.05, 3.63) is 21.7 Å². The van der Waals surface area contributed by atoms with Crippen LogP contribution in [0.2, 0.25) is 0 Å². The van der Waals surface area contributed by atoms with Gasteiger partial charge < -0.3 is 9.47 Å². The molecular weight excluding hydrogens is 334 g/mol. The molecule has 5 heteroatoms. The van der Waals surface area contributed by atoms with Crippen LogP contribution in [0.3, 0.4) is 0 Å². The topological polar surface area (TPSA) is 47.9 Å². The third kappa shape index (κ3) is 2.60. The Labute approximate surface area is 133 Å². The molecule has 2 rings (SSSR count). The number of nitrogens with zero attached hydrogens (tertiary/aromatic N) is 1. The molecule has 4 nitrogen and oxygen atoms in total. The first-order valence-corrected chi connectivity index (χ1v) is 7.84. The Morgan fingerprint density at radius 2 is 1.90 bits per heavy atom. The summed E-state index contributed by atoms with van der Waals surface area (Å²) in [5.74, 6) is 1.62. The summed E-state index contributed by atoms with van der Waals surface area (Å²) in [6.45, 7) is 4.21. The van der Waals surface area contributed by atoms with Crippen molar-refractivity contribution in [1.29, 1.82) is 0 Å². The predicted octanol–water partition coefficient (Wildman–Crippen LogP) is 4.30. The molecule has 1 saturated carbocycles. The van der Waals surface area contributed by atoms with Crippen LogP contribution in [-0.2, 0) is 10.3 Å². The number of methoxy groups -OCH3 is 2. The lowest BCUT2D eigenvalue weighted by molar-refractivity contribution is 0.250. The maximum Gasteiger partial charge on any atom is 0.235 e. The number of carbonyl (C=O) groups excluding carboxylic acids is 1. The van der Waals surface area contributed by atoms with Crippen molar-refractivity contribution in [3.8, 4) is 11.5 Å². The fraction of sp³-hybridized carbons (Fsp3) is 0.562. The molecule has 0 aromatic heterocycles. The van der Waals surface area contributed by atoms with E-state index in [0.29, 0.717) is 11.5 Å². The van der Waals surface area contributed by atoms with E-state index >= 15 is 0 Å². The van der Waals surface area contributed by atoms with Gasteiger partial charge in [-0.25, -0.2) is 4.79 Å². The summed E-state index contributed by atoms with van der Waals surface area (Å²) in [5, 5.41) is 0. The van der Waals surface area contributed by atoms with Gasteiger partial charge >= 0.3 is 0 Å². The van der Waals surface area contributed by atoms with Gasteiger partial charge in [0.05, 0.1) is 24.2 Å². The van der Waals surface area contributed by atoms with Gasteiger partial charge in [0.1, 0.15) is 0 Å². The number of halogens is 1. The van der Waals surface area contributed by atoms with Crippen molar-refractivity contribution in [3.63, 3.8) is 0 Å². The largest absolute Gasteiger partial charge is 0.493 e. The molecule has 1 aliphatic rings. The monoisotopic (exact) mass is 353 g/mol. The minimum atomic E-state index is -0.455. The molecule has 0 amide bonds. The van der Waals surface area contributed by atoms with E-state index in [0.717, 1.165) is 34.9 Å². The van der Waals surface area contributed by atoms with Gasteiger partial charge in [-0.05, 0) is 52.7 Å². The molecule has 1 aromatic rings. The minimum Gasteiger partial charge on any atom is -0.493 e. The van der Waals surface area contributed by atoms with Crippen LogP contribution in [-0.4, -0.2) is 20.3 Å². The molecule has 1 aromatic carbocycles. The van der Waals surface area contributed by atoms with Gasteiger partial charge in [0.25, 0.3) is 0 Å². The van der Waals surface area contributed by atoms with Crippen molar-refractivity contribution in [2.24, 2.45) is 4.99 Å². The average Bonchev–Trinajstić information content (AvgIpc) is 2.41. The predicted molar refractivity (Wildman–Crippen MR) is 85.0 cm³/mol. The quantitative estimate of drug-likeness (QED) is 0.585. The fourth-order valence-electron chi connectivity index (χ4n) is 3.01. The van der Waals surface area contributed by atoms with Crippen molar-refractivity contribution in [2.75, 3.05) is 14.2 Å². The molecule has 0 atom stereocenters. The Morgan fingerprint density at radius 3 is 2.29 bits per heavy atom. The van der Waals surface area contributed by atoms with Crippen LogP contribution in [0, 0.1) is 0 Å². The molecule has 0 N–H and O–H groups in total. The van der Waals surface area contributed by atoms with Crippen LogP contribution in [0.1, 0.15) is 50.2 Å². The lowest BCUT2D eigenvalue weighted by Gasteiger charge is -2.39. The van der Waals surface area contributed by atoms with Crippen LogP contribution < -0.4 is 9.47 Å². The average molecular weight is 354 g/mol. The van der Waals surface area contributed by atoms with Crippen LogP contribution in [0.15, 0.2) is 15.5 Å². The molecule has 0 saturated heterocycles. The summed E-state index contributed by atoms with van der Waals surface area (Å²) >= 11 is 3.53. The second-order valence-corrected chi connectivity index (χ2v) is 6.48. The molecule has 0 radical (unpaired) electrons. The highest BCUT2D eigenvalue weighted by Crippen LogP contribution is 2.53.